The lowest BCUT2D eigenvalue weighted by Crippen LogP contribution is -2.47. The second-order valence-corrected chi connectivity index (χ2v) is 6.61. The van der Waals surface area contributed by atoms with Gasteiger partial charge >= 0.3 is 5.69 Å². The molecule has 2 aromatic rings. The third-order valence-corrected chi connectivity index (χ3v) is 4.80. The van der Waals surface area contributed by atoms with Gasteiger partial charge in [0.15, 0.2) is 12.4 Å². The molecule has 1 aliphatic heterocycles. The van der Waals surface area contributed by atoms with Crippen LogP contribution in [-0.2, 0) is 16.1 Å². The zero-order valence-corrected chi connectivity index (χ0v) is 15.3. The average Bonchev–Trinajstić information content (AvgIpc) is 2.99. The van der Waals surface area contributed by atoms with Gasteiger partial charge in [0.1, 0.15) is 11.7 Å². The molecular formula is C18H20FN5O5. The summed E-state index contributed by atoms with van der Waals surface area (Å²) in [5.74, 6) is 0. The van der Waals surface area contributed by atoms with E-state index in [2.05, 4.69) is 10.0 Å². The molecule has 2 heterocycles. The Kier molecular flexibility index (Phi) is 6.45. The quantitative estimate of drug-likeness (QED) is 0.388. The van der Waals surface area contributed by atoms with Crippen LogP contribution in [0, 0.1) is 0 Å². The lowest BCUT2D eigenvalue weighted by atomic mass is 9.92. The Bertz CT molecular complexity index is 990. The Balaban J connectivity index is 1.92. The summed E-state index contributed by atoms with van der Waals surface area (Å²) in [6.07, 6.45) is -3.42. The number of benzene rings is 1. The summed E-state index contributed by atoms with van der Waals surface area (Å²) in [6.45, 7) is -0.642. The van der Waals surface area contributed by atoms with Crippen molar-refractivity contribution in [1.29, 1.82) is 0 Å². The van der Waals surface area contributed by atoms with E-state index >= 15 is 4.39 Å². The highest BCUT2D eigenvalue weighted by molar-refractivity contribution is 5.14. The molecule has 4 atom stereocenters. The van der Waals surface area contributed by atoms with E-state index in [1.165, 1.54) is 0 Å². The fourth-order valence-corrected chi connectivity index (χ4v) is 3.35. The molecule has 1 aromatic heterocycles. The van der Waals surface area contributed by atoms with Crippen LogP contribution in [0.5, 0.6) is 0 Å². The number of H-pyrrole nitrogens is 1. The van der Waals surface area contributed by atoms with E-state index in [1.54, 1.807) is 24.3 Å². The second-order valence-electron chi connectivity index (χ2n) is 6.61. The smallest absolute Gasteiger partial charge is 0.330 e. The molecule has 0 spiro atoms. The van der Waals surface area contributed by atoms with E-state index in [0.29, 0.717) is 0 Å². The minimum absolute atomic E-state index is 0.0258. The molecule has 1 saturated heterocycles. The summed E-state index contributed by atoms with van der Waals surface area (Å²) in [6, 6.07) is 10.1. The van der Waals surface area contributed by atoms with Gasteiger partial charge in [-0.25, -0.2) is 9.18 Å². The number of nitrogens with zero attached hydrogens (tertiary/aromatic N) is 4. The minimum atomic E-state index is -1.83. The van der Waals surface area contributed by atoms with Crippen molar-refractivity contribution in [3.05, 3.63) is 79.4 Å². The van der Waals surface area contributed by atoms with E-state index in [0.717, 1.165) is 22.4 Å². The fourth-order valence-electron chi connectivity index (χ4n) is 3.35. The molecule has 154 valence electrons. The molecule has 1 aromatic carbocycles. The number of aliphatic hydroxyl groups is 1. The Labute approximate surface area is 164 Å². The highest BCUT2D eigenvalue weighted by Crippen LogP contribution is 2.42. The highest BCUT2D eigenvalue weighted by atomic mass is 19.1. The Hall–Kier alpha value is -2.98. The average molecular weight is 405 g/mol. The van der Waals surface area contributed by atoms with Crippen LogP contribution in [0.3, 0.4) is 0 Å². The Morgan fingerprint density at radius 1 is 1.34 bits per heavy atom. The Morgan fingerprint density at radius 3 is 2.76 bits per heavy atom. The van der Waals surface area contributed by atoms with Crippen LogP contribution in [-0.4, -0.2) is 45.7 Å². The van der Waals surface area contributed by atoms with E-state index in [9.17, 15) is 14.7 Å². The normalized spacial score (nSPS) is 26.2. The number of alkyl halides is 1. The van der Waals surface area contributed by atoms with Gasteiger partial charge in [-0.2, -0.15) is 0 Å². The van der Waals surface area contributed by atoms with Crippen molar-refractivity contribution in [2.75, 3.05) is 13.2 Å². The summed E-state index contributed by atoms with van der Waals surface area (Å²) >= 11 is 0. The van der Waals surface area contributed by atoms with Crippen LogP contribution >= 0.6 is 0 Å². The summed E-state index contributed by atoms with van der Waals surface area (Å²) in [5.41, 5.74) is 6.29. The maximum absolute atomic E-state index is 15.4. The molecule has 1 fully saturated rings. The fraction of sp³-hybridized carbons (Fsp3) is 0.444. The third-order valence-electron chi connectivity index (χ3n) is 4.80. The molecule has 1 aliphatic rings. The molecule has 3 rings (SSSR count). The maximum atomic E-state index is 15.4. The van der Waals surface area contributed by atoms with E-state index < -0.39 is 42.0 Å². The van der Waals surface area contributed by atoms with Gasteiger partial charge in [-0.15, -0.1) is 0 Å². The number of aromatic amines is 1. The van der Waals surface area contributed by atoms with Crippen molar-refractivity contribution in [2.24, 2.45) is 5.11 Å². The van der Waals surface area contributed by atoms with Crippen LogP contribution in [0.15, 0.2) is 57.3 Å². The number of hydrogen-bond donors (Lipinski definition) is 2. The van der Waals surface area contributed by atoms with Crippen molar-refractivity contribution < 1.29 is 19.0 Å². The number of ether oxygens (including phenoxy) is 2. The molecular weight excluding hydrogens is 385 g/mol. The molecule has 0 radical (unpaired) electrons. The third kappa shape index (κ3) is 4.38. The lowest BCUT2D eigenvalue weighted by Gasteiger charge is -2.32. The number of rotatable bonds is 8. The molecule has 0 aliphatic carbocycles. The van der Waals surface area contributed by atoms with Crippen LogP contribution in [0.4, 0.5) is 4.39 Å². The van der Waals surface area contributed by atoms with Crippen LogP contribution in [0.1, 0.15) is 18.2 Å². The molecule has 0 unspecified atom stereocenters. The predicted molar refractivity (Wildman–Crippen MR) is 99.8 cm³/mol. The number of aromatic nitrogens is 2. The van der Waals surface area contributed by atoms with Crippen molar-refractivity contribution in [3.8, 4) is 0 Å². The first-order chi connectivity index (χ1) is 14.0. The zero-order valence-electron chi connectivity index (χ0n) is 15.3. The largest absolute Gasteiger partial charge is 0.393 e. The van der Waals surface area contributed by atoms with Crippen molar-refractivity contribution >= 4 is 0 Å². The lowest BCUT2D eigenvalue weighted by molar-refractivity contribution is -0.146. The van der Waals surface area contributed by atoms with Gasteiger partial charge in [-0.05, 0) is 17.5 Å². The first-order valence-electron chi connectivity index (χ1n) is 8.91. The summed E-state index contributed by atoms with van der Waals surface area (Å²) in [4.78, 5) is 28.1. The predicted octanol–water partition coefficient (Wildman–Crippen LogP) is 1.42. The molecule has 11 heteroatoms. The van der Waals surface area contributed by atoms with Crippen molar-refractivity contribution in [3.63, 3.8) is 0 Å². The summed E-state index contributed by atoms with van der Waals surface area (Å²) in [7, 11) is 0. The van der Waals surface area contributed by atoms with E-state index in [4.69, 9.17) is 15.0 Å². The first kappa shape index (κ1) is 20.7. The molecule has 2 N–H and O–H groups in total. The van der Waals surface area contributed by atoms with Gasteiger partial charge in [-0.1, -0.05) is 35.4 Å². The topological polar surface area (TPSA) is 142 Å². The minimum Gasteiger partial charge on any atom is -0.393 e. The molecule has 0 amide bonds. The van der Waals surface area contributed by atoms with Gasteiger partial charge in [0.25, 0.3) is 5.56 Å². The monoisotopic (exact) mass is 405 g/mol. The van der Waals surface area contributed by atoms with Gasteiger partial charge in [0, 0.05) is 23.7 Å². The molecule has 0 saturated carbocycles. The number of nitrogens with one attached hydrogen (secondary N) is 1. The number of hydrogen-bond acceptors (Lipinski definition) is 6. The van der Waals surface area contributed by atoms with Gasteiger partial charge < -0.3 is 14.6 Å². The van der Waals surface area contributed by atoms with Crippen molar-refractivity contribution in [1.82, 2.24) is 9.55 Å². The van der Waals surface area contributed by atoms with Gasteiger partial charge in [0.05, 0.1) is 13.2 Å². The van der Waals surface area contributed by atoms with Crippen molar-refractivity contribution in [2.45, 2.75) is 37.1 Å². The van der Waals surface area contributed by atoms with Crippen LogP contribution in [0.2, 0.25) is 0 Å². The first-order valence-corrected chi connectivity index (χ1v) is 8.91. The molecule has 10 nitrogen and oxygen atoms in total. The van der Waals surface area contributed by atoms with E-state index in [1.807, 2.05) is 11.1 Å². The Morgan fingerprint density at radius 2 is 2.10 bits per heavy atom. The van der Waals surface area contributed by atoms with E-state index in [-0.39, 0.29) is 19.6 Å². The standard InChI is InChI=1S/C18H20FN5O5/c19-14-15(28-10-12-4-2-1-3-5-12)18(11-25,7-8-21-23-20)29-16(14)24-9-6-13(26)22-17(24)27/h1-6,9,14-16,25H,7-8,10-11H2,(H,22,26,27)/t14-,15-,16-,18-/m1/s1. The number of halogens is 1. The highest BCUT2D eigenvalue weighted by Gasteiger charge is 2.57. The van der Waals surface area contributed by atoms with Gasteiger partial charge in [-0.3, -0.25) is 14.3 Å². The molecule has 0 bridgehead atoms. The van der Waals surface area contributed by atoms with Crippen LogP contribution in [0.25, 0.3) is 10.4 Å². The second kappa shape index (κ2) is 9.01. The molecule has 29 heavy (non-hydrogen) atoms. The van der Waals surface area contributed by atoms with Gasteiger partial charge in [0.2, 0.25) is 0 Å². The maximum Gasteiger partial charge on any atom is 0.330 e. The number of azide groups is 1. The zero-order chi connectivity index (χ0) is 20.9. The summed E-state index contributed by atoms with van der Waals surface area (Å²) in [5, 5.41) is 13.5. The summed E-state index contributed by atoms with van der Waals surface area (Å²) < 4.78 is 27.8. The SMILES string of the molecule is [N-]=[N+]=NCC[C@]1(CO)O[C@@H](n2ccc(=O)[nH]c2=O)[C@H](F)[C@H]1OCc1ccccc1. The van der Waals surface area contributed by atoms with Crippen LogP contribution < -0.4 is 11.2 Å². The number of aliphatic hydroxyl groups excluding tert-OH is 1.